The summed E-state index contributed by atoms with van der Waals surface area (Å²) in [5.74, 6) is 0.275. The molecule has 0 fully saturated rings. The Labute approximate surface area is 159 Å². The fraction of sp³-hybridized carbons (Fsp3) is 0.111. The SMILES string of the molecule is Cc1ccc(Cn2cc(Br)c(NC(=S)Nc3cccc(F)c3)n2)cc1. The van der Waals surface area contributed by atoms with Gasteiger partial charge in [0.1, 0.15) is 5.82 Å². The first-order valence-electron chi connectivity index (χ1n) is 7.62. The molecular formula is C18H16BrFN4S. The molecule has 0 aliphatic rings. The van der Waals surface area contributed by atoms with Crippen LogP contribution in [0, 0.1) is 12.7 Å². The molecule has 4 nitrogen and oxygen atoms in total. The first kappa shape index (κ1) is 17.6. The van der Waals surface area contributed by atoms with Gasteiger partial charge in [-0.15, -0.1) is 0 Å². The predicted octanol–water partition coefficient (Wildman–Crippen LogP) is 4.95. The maximum atomic E-state index is 13.2. The van der Waals surface area contributed by atoms with Gasteiger partial charge in [-0.3, -0.25) is 4.68 Å². The molecule has 0 spiro atoms. The molecular weight excluding hydrogens is 403 g/mol. The monoisotopic (exact) mass is 418 g/mol. The largest absolute Gasteiger partial charge is 0.332 e. The quantitative estimate of drug-likeness (QED) is 0.588. The number of benzene rings is 2. The minimum absolute atomic E-state index is 0.323. The fourth-order valence-electron chi connectivity index (χ4n) is 2.28. The lowest BCUT2D eigenvalue weighted by Crippen LogP contribution is -2.19. The molecule has 0 radical (unpaired) electrons. The summed E-state index contributed by atoms with van der Waals surface area (Å²) in [5, 5.41) is 10.8. The second-order valence-corrected chi connectivity index (χ2v) is 6.86. The molecule has 25 heavy (non-hydrogen) atoms. The van der Waals surface area contributed by atoms with Crippen molar-refractivity contribution in [3.8, 4) is 0 Å². The topological polar surface area (TPSA) is 41.9 Å². The van der Waals surface area contributed by atoms with Gasteiger partial charge in [-0.05, 0) is 58.8 Å². The van der Waals surface area contributed by atoms with Crippen LogP contribution in [0.5, 0.6) is 0 Å². The van der Waals surface area contributed by atoms with Crippen LogP contribution in [0.4, 0.5) is 15.9 Å². The van der Waals surface area contributed by atoms with Crippen LogP contribution in [0.3, 0.4) is 0 Å². The minimum atomic E-state index is -0.323. The van der Waals surface area contributed by atoms with Gasteiger partial charge in [0.2, 0.25) is 0 Å². The molecule has 7 heteroatoms. The van der Waals surface area contributed by atoms with Crippen molar-refractivity contribution in [1.29, 1.82) is 0 Å². The maximum Gasteiger partial charge on any atom is 0.176 e. The number of anilines is 2. The Morgan fingerprint density at radius 1 is 1.20 bits per heavy atom. The van der Waals surface area contributed by atoms with Crippen LogP contribution in [0.2, 0.25) is 0 Å². The first-order valence-corrected chi connectivity index (χ1v) is 8.82. The normalized spacial score (nSPS) is 10.5. The number of hydrogen-bond acceptors (Lipinski definition) is 2. The van der Waals surface area contributed by atoms with Crippen molar-refractivity contribution in [2.45, 2.75) is 13.5 Å². The molecule has 1 aromatic heterocycles. The molecule has 0 unspecified atom stereocenters. The van der Waals surface area contributed by atoms with E-state index in [0.29, 0.717) is 23.2 Å². The van der Waals surface area contributed by atoms with E-state index in [1.165, 1.54) is 17.7 Å². The zero-order valence-electron chi connectivity index (χ0n) is 13.5. The lowest BCUT2D eigenvalue weighted by molar-refractivity contribution is 0.628. The van der Waals surface area contributed by atoms with Crippen LogP contribution in [0.25, 0.3) is 0 Å². The molecule has 2 N–H and O–H groups in total. The summed E-state index contributed by atoms with van der Waals surface area (Å²) >= 11 is 8.73. The third-order valence-electron chi connectivity index (χ3n) is 3.50. The van der Waals surface area contributed by atoms with E-state index in [1.807, 2.05) is 10.9 Å². The zero-order valence-corrected chi connectivity index (χ0v) is 15.9. The number of aryl methyl sites for hydroxylation is 1. The summed E-state index contributed by atoms with van der Waals surface area (Å²) in [5.41, 5.74) is 2.96. The van der Waals surface area contributed by atoms with Gasteiger partial charge in [-0.2, -0.15) is 5.10 Å². The van der Waals surface area contributed by atoms with Gasteiger partial charge in [0.25, 0.3) is 0 Å². The lowest BCUT2D eigenvalue weighted by atomic mass is 10.1. The Morgan fingerprint density at radius 2 is 1.96 bits per heavy atom. The van der Waals surface area contributed by atoms with Crippen LogP contribution >= 0.6 is 28.1 Å². The number of aromatic nitrogens is 2. The van der Waals surface area contributed by atoms with Crippen molar-refractivity contribution in [1.82, 2.24) is 9.78 Å². The molecule has 128 valence electrons. The van der Waals surface area contributed by atoms with E-state index < -0.39 is 0 Å². The second-order valence-electron chi connectivity index (χ2n) is 5.60. The Kier molecular flexibility index (Phi) is 5.45. The first-order chi connectivity index (χ1) is 12.0. The fourth-order valence-corrected chi connectivity index (χ4v) is 2.91. The number of nitrogens with zero attached hydrogens (tertiary/aromatic N) is 2. The van der Waals surface area contributed by atoms with E-state index >= 15 is 0 Å². The zero-order chi connectivity index (χ0) is 17.8. The van der Waals surface area contributed by atoms with Crippen molar-refractivity contribution >= 4 is 44.8 Å². The summed E-state index contributed by atoms with van der Waals surface area (Å²) in [7, 11) is 0. The third-order valence-corrected chi connectivity index (χ3v) is 4.28. The van der Waals surface area contributed by atoms with Gasteiger partial charge < -0.3 is 10.6 Å². The molecule has 1 heterocycles. The van der Waals surface area contributed by atoms with Crippen molar-refractivity contribution in [2.75, 3.05) is 10.6 Å². The van der Waals surface area contributed by atoms with E-state index in [1.54, 1.807) is 12.1 Å². The molecule has 0 aliphatic carbocycles. The summed E-state index contributed by atoms with van der Waals surface area (Å²) in [6, 6.07) is 14.4. The highest BCUT2D eigenvalue weighted by atomic mass is 79.9. The lowest BCUT2D eigenvalue weighted by Gasteiger charge is -2.09. The van der Waals surface area contributed by atoms with Crippen LogP contribution in [0.15, 0.2) is 59.2 Å². The number of hydrogen-bond donors (Lipinski definition) is 2. The van der Waals surface area contributed by atoms with Gasteiger partial charge >= 0.3 is 0 Å². The Bertz CT molecular complexity index is 892. The molecule has 0 atom stereocenters. The van der Waals surface area contributed by atoms with E-state index in [2.05, 4.69) is 62.9 Å². The smallest absolute Gasteiger partial charge is 0.176 e. The van der Waals surface area contributed by atoms with Crippen LogP contribution in [-0.2, 0) is 6.54 Å². The third kappa shape index (κ3) is 4.87. The molecule has 0 amide bonds. The van der Waals surface area contributed by atoms with Crippen molar-refractivity contribution in [2.24, 2.45) is 0 Å². The van der Waals surface area contributed by atoms with Gasteiger partial charge in [0.15, 0.2) is 10.9 Å². The Hall–Kier alpha value is -2.25. The summed E-state index contributed by atoms with van der Waals surface area (Å²) in [6.45, 7) is 2.72. The van der Waals surface area contributed by atoms with E-state index in [9.17, 15) is 4.39 Å². The van der Waals surface area contributed by atoms with Crippen LogP contribution in [0.1, 0.15) is 11.1 Å². The molecule has 0 bridgehead atoms. The highest BCUT2D eigenvalue weighted by Gasteiger charge is 2.09. The predicted molar refractivity (Wildman–Crippen MR) is 106 cm³/mol. The second kappa shape index (κ2) is 7.76. The highest BCUT2D eigenvalue weighted by Crippen LogP contribution is 2.21. The average Bonchev–Trinajstić information content (AvgIpc) is 2.89. The van der Waals surface area contributed by atoms with Crippen LogP contribution < -0.4 is 10.6 Å². The van der Waals surface area contributed by atoms with E-state index in [0.717, 1.165) is 10.0 Å². The summed E-state index contributed by atoms with van der Waals surface area (Å²) < 4.78 is 15.8. The highest BCUT2D eigenvalue weighted by molar-refractivity contribution is 9.10. The number of thiocarbonyl (C=S) groups is 1. The number of rotatable bonds is 4. The van der Waals surface area contributed by atoms with Crippen molar-refractivity contribution in [3.05, 3.63) is 76.1 Å². The summed E-state index contributed by atoms with van der Waals surface area (Å²) in [6.07, 6.45) is 1.88. The maximum absolute atomic E-state index is 13.2. The number of halogens is 2. The van der Waals surface area contributed by atoms with Gasteiger partial charge in [0, 0.05) is 11.9 Å². The Morgan fingerprint density at radius 3 is 2.68 bits per heavy atom. The molecule has 0 saturated heterocycles. The number of nitrogens with one attached hydrogen (secondary N) is 2. The molecule has 3 rings (SSSR count). The molecule has 0 aliphatic heterocycles. The average molecular weight is 419 g/mol. The Balaban J connectivity index is 1.65. The van der Waals surface area contributed by atoms with Crippen LogP contribution in [-0.4, -0.2) is 14.9 Å². The van der Waals surface area contributed by atoms with Gasteiger partial charge in [-0.1, -0.05) is 35.9 Å². The van der Waals surface area contributed by atoms with E-state index in [-0.39, 0.29) is 5.82 Å². The van der Waals surface area contributed by atoms with Gasteiger partial charge in [-0.25, -0.2) is 4.39 Å². The van der Waals surface area contributed by atoms with E-state index in [4.69, 9.17) is 12.2 Å². The minimum Gasteiger partial charge on any atom is -0.332 e. The van der Waals surface area contributed by atoms with Gasteiger partial charge in [0.05, 0.1) is 11.0 Å². The molecule has 2 aromatic carbocycles. The van der Waals surface area contributed by atoms with Crippen molar-refractivity contribution in [3.63, 3.8) is 0 Å². The standard InChI is InChI=1S/C18H16BrFN4S/c1-12-5-7-13(8-6-12)10-24-11-16(19)17(23-24)22-18(25)21-15-4-2-3-14(20)9-15/h2-9,11H,10H2,1H3,(H2,21,22,23,25). The van der Waals surface area contributed by atoms with Crippen molar-refractivity contribution < 1.29 is 4.39 Å². The molecule has 3 aromatic rings. The molecule has 0 saturated carbocycles. The summed E-state index contributed by atoms with van der Waals surface area (Å²) in [4.78, 5) is 0.